The quantitative estimate of drug-likeness (QED) is 0.136. The number of hydrogen-bond donors (Lipinski definition) is 1. The molecule has 3 heterocycles. The first kappa shape index (κ1) is 33.1. The average molecular weight is 751 g/mol. The highest BCUT2D eigenvalue weighted by molar-refractivity contribution is 7.26. The zero-order chi connectivity index (χ0) is 37.9. The number of fused-ring (bicyclic) bond motifs is 9. The number of amidine groups is 2. The van der Waals surface area contributed by atoms with Gasteiger partial charge in [-0.15, -0.1) is 11.3 Å². The van der Waals surface area contributed by atoms with Crippen LogP contribution in [-0.2, 0) is 6.54 Å². The second-order valence-electron chi connectivity index (χ2n) is 14.3. The Labute approximate surface area is 332 Å². The molecule has 0 aliphatic carbocycles. The number of thiophene rings is 1. The summed E-state index contributed by atoms with van der Waals surface area (Å²) in [6.07, 6.45) is 0. The Bertz CT molecular complexity index is 3340. The van der Waals surface area contributed by atoms with E-state index >= 15 is 0 Å². The lowest BCUT2D eigenvalue weighted by molar-refractivity contribution is 0.669. The number of hydrogen-bond acceptors (Lipinski definition) is 3. The molecule has 11 rings (SSSR count). The highest BCUT2D eigenvalue weighted by Gasteiger charge is 2.19. The number of nitrogens with two attached hydrogens (primary N) is 1. The maximum atomic E-state index is 6.80. The van der Waals surface area contributed by atoms with E-state index in [-0.39, 0.29) is 0 Å². The summed E-state index contributed by atoms with van der Waals surface area (Å²) in [5, 5.41) is 7.04. The summed E-state index contributed by atoms with van der Waals surface area (Å²) in [4.78, 5) is 9.82. The molecule has 0 bridgehead atoms. The van der Waals surface area contributed by atoms with E-state index in [1.54, 1.807) is 0 Å². The summed E-state index contributed by atoms with van der Waals surface area (Å²) < 4.78 is 11.4. The Kier molecular flexibility index (Phi) is 7.83. The van der Waals surface area contributed by atoms with E-state index in [0.717, 1.165) is 49.8 Å². The van der Waals surface area contributed by atoms with E-state index in [4.69, 9.17) is 20.1 Å². The molecule has 2 N–H and O–H groups in total. The van der Waals surface area contributed by atoms with Crippen molar-refractivity contribution < 1.29 is 4.42 Å². The fraction of sp³-hybridized carbons (Fsp3) is 0.0196. The molecule has 270 valence electrons. The first-order chi connectivity index (χ1) is 28.2. The first-order valence-electron chi connectivity index (χ1n) is 19.1. The average Bonchev–Trinajstić information content (AvgIpc) is 3.95. The van der Waals surface area contributed by atoms with Gasteiger partial charge in [0.2, 0.25) is 0 Å². The van der Waals surface area contributed by atoms with E-state index in [1.807, 2.05) is 78.1 Å². The molecule has 0 radical (unpaired) electrons. The van der Waals surface area contributed by atoms with Gasteiger partial charge in [0.1, 0.15) is 17.0 Å². The lowest BCUT2D eigenvalue weighted by Gasteiger charge is -2.09. The van der Waals surface area contributed by atoms with Crippen LogP contribution in [0.25, 0.3) is 80.7 Å². The predicted octanol–water partition coefficient (Wildman–Crippen LogP) is 13.1. The number of rotatable bonds is 6. The van der Waals surface area contributed by atoms with Crippen molar-refractivity contribution >= 4 is 86.9 Å². The molecular formula is C51H34N4OS. The summed E-state index contributed by atoms with van der Waals surface area (Å²) in [5.41, 5.74) is 17.1. The minimum atomic E-state index is 0.393. The number of aliphatic imine (C=N–C) groups is 2. The summed E-state index contributed by atoms with van der Waals surface area (Å²) in [5.74, 6) is 0.983. The van der Waals surface area contributed by atoms with Crippen molar-refractivity contribution in [1.82, 2.24) is 4.57 Å². The minimum absolute atomic E-state index is 0.393. The summed E-state index contributed by atoms with van der Waals surface area (Å²) in [6, 6.07) is 63.5. The molecule has 11 aromatic rings. The molecule has 0 fully saturated rings. The molecule has 0 aliphatic heterocycles. The van der Waals surface area contributed by atoms with Gasteiger partial charge >= 0.3 is 0 Å². The smallest absolute Gasteiger partial charge is 0.157 e. The van der Waals surface area contributed by atoms with Gasteiger partial charge in [0.25, 0.3) is 0 Å². The largest absolute Gasteiger partial charge is 0.456 e. The Morgan fingerprint density at radius 3 is 2.05 bits per heavy atom. The third-order valence-electron chi connectivity index (χ3n) is 10.9. The highest BCUT2D eigenvalue weighted by Crippen LogP contribution is 2.43. The van der Waals surface area contributed by atoms with Crippen molar-refractivity contribution in [2.75, 3.05) is 0 Å². The molecule has 57 heavy (non-hydrogen) atoms. The number of nitrogens with zero attached hydrogens (tertiary/aromatic N) is 3. The normalized spacial score (nSPS) is 12.6. The second-order valence-corrected chi connectivity index (χ2v) is 15.4. The molecule has 6 heteroatoms. The Morgan fingerprint density at radius 2 is 1.26 bits per heavy atom. The molecule has 0 saturated heterocycles. The molecule has 0 spiro atoms. The van der Waals surface area contributed by atoms with Crippen LogP contribution in [0.2, 0.25) is 0 Å². The molecule has 0 amide bonds. The molecule has 0 aliphatic rings. The van der Waals surface area contributed by atoms with Crippen LogP contribution in [0.5, 0.6) is 0 Å². The second kappa shape index (κ2) is 13.5. The van der Waals surface area contributed by atoms with Crippen molar-refractivity contribution in [2.45, 2.75) is 6.54 Å². The van der Waals surface area contributed by atoms with Gasteiger partial charge in [0.15, 0.2) is 5.84 Å². The Hall–Kier alpha value is -7.28. The van der Waals surface area contributed by atoms with Crippen molar-refractivity contribution in [3.8, 4) is 16.8 Å². The standard InChI is InChI=1S/C51H34N4OS/c52-50(54-51(33-15-5-2-6-16-33)53-31-32-13-3-1-4-14-32)35-25-27-45-41(30-35)48-36(19-12-24-46(48)56-45)34-26-28-47-40(29-34)39-20-11-23-44(49(39)57-47)55-42-21-9-7-17-37(42)38-18-8-10-22-43(38)55/h1-30H,31H2,(H2,52,53,54). The van der Waals surface area contributed by atoms with E-state index < -0.39 is 0 Å². The fourth-order valence-electron chi connectivity index (χ4n) is 8.24. The number of furan rings is 1. The number of benzene rings is 8. The van der Waals surface area contributed by atoms with Crippen LogP contribution in [0.1, 0.15) is 16.7 Å². The number of aromatic nitrogens is 1. The maximum absolute atomic E-state index is 6.80. The zero-order valence-electron chi connectivity index (χ0n) is 30.8. The third-order valence-corrected chi connectivity index (χ3v) is 12.1. The van der Waals surface area contributed by atoms with Crippen molar-refractivity contribution in [1.29, 1.82) is 0 Å². The van der Waals surface area contributed by atoms with E-state index in [0.29, 0.717) is 18.2 Å². The van der Waals surface area contributed by atoms with Gasteiger partial charge < -0.3 is 14.7 Å². The SMILES string of the molecule is N/C(=N\C(=N/Cc1ccccc1)c1ccccc1)c1ccc2oc3cccc(-c4ccc5sc6c(-n7c8ccccc8c8ccccc87)cccc6c5c4)c3c2c1. The lowest BCUT2D eigenvalue weighted by atomic mass is 9.97. The topological polar surface area (TPSA) is 68.8 Å². The molecule has 0 unspecified atom stereocenters. The molecule has 5 nitrogen and oxygen atoms in total. The van der Waals surface area contributed by atoms with Crippen LogP contribution < -0.4 is 5.73 Å². The van der Waals surface area contributed by atoms with E-state index in [9.17, 15) is 0 Å². The molecule has 0 saturated carbocycles. The molecular weight excluding hydrogens is 717 g/mol. The predicted molar refractivity (Wildman–Crippen MR) is 240 cm³/mol. The molecule has 3 aromatic heterocycles. The van der Waals surface area contributed by atoms with Crippen molar-refractivity contribution in [2.24, 2.45) is 15.7 Å². The van der Waals surface area contributed by atoms with Gasteiger partial charge in [-0.05, 0) is 71.3 Å². The van der Waals surface area contributed by atoms with Gasteiger partial charge in [-0.25, -0.2) is 4.99 Å². The third kappa shape index (κ3) is 5.61. The Balaban J connectivity index is 1.03. The van der Waals surface area contributed by atoms with E-state index in [2.05, 4.69) is 120 Å². The van der Waals surface area contributed by atoms with Crippen molar-refractivity contribution in [3.05, 3.63) is 199 Å². The minimum Gasteiger partial charge on any atom is -0.456 e. The van der Waals surface area contributed by atoms with Gasteiger partial charge in [0, 0.05) is 48.1 Å². The van der Waals surface area contributed by atoms with Crippen LogP contribution in [0.4, 0.5) is 0 Å². The molecule has 0 atom stereocenters. The van der Waals surface area contributed by atoms with Crippen LogP contribution in [0.15, 0.2) is 196 Å². The maximum Gasteiger partial charge on any atom is 0.157 e. The molecule has 8 aromatic carbocycles. The van der Waals surface area contributed by atoms with Gasteiger partial charge in [-0.1, -0.05) is 127 Å². The summed E-state index contributed by atoms with van der Waals surface area (Å²) in [7, 11) is 0. The number of para-hydroxylation sites is 2. The van der Waals surface area contributed by atoms with E-state index in [1.165, 1.54) is 47.7 Å². The van der Waals surface area contributed by atoms with Crippen molar-refractivity contribution in [3.63, 3.8) is 0 Å². The Morgan fingerprint density at radius 1 is 0.561 bits per heavy atom. The monoisotopic (exact) mass is 750 g/mol. The van der Waals surface area contributed by atoms with Crippen LogP contribution in [-0.4, -0.2) is 16.2 Å². The first-order valence-corrected chi connectivity index (χ1v) is 19.9. The van der Waals surface area contributed by atoms with Gasteiger partial charge in [0.05, 0.1) is 28.0 Å². The van der Waals surface area contributed by atoms with Gasteiger partial charge in [-0.3, -0.25) is 4.99 Å². The fourth-order valence-corrected chi connectivity index (χ4v) is 9.43. The lowest BCUT2D eigenvalue weighted by Crippen LogP contribution is -2.16. The zero-order valence-corrected chi connectivity index (χ0v) is 31.6. The highest BCUT2D eigenvalue weighted by atomic mass is 32.1. The van der Waals surface area contributed by atoms with Gasteiger partial charge in [-0.2, -0.15) is 0 Å². The summed E-state index contributed by atoms with van der Waals surface area (Å²) in [6.45, 7) is 0.502. The van der Waals surface area contributed by atoms with Crippen LogP contribution in [0, 0.1) is 0 Å². The van der Waals surface area contributed by atoms with Crippen LogP contribution in [0.3, 0.4) is 0 Å². The van der Waals surface area contributed by atoms with Crippen LogP contribution >= 0.6 is 11.3 Å². The summed E-state index contributed by atoms with van der Waals surface area (Å²) >= 11 is 1.85.